The Morgan fingerprint density at radius 1 is 1.61 bits per heavy atom. The van der Waals surface area contributed by atoms with Crippen molar-refractivity contribution in [1.82, 2.24) is 9.78 Å². The van der Waals surface area contributed by atoms with Crippen LogP contribution in [-0.2, 0) is 22.5 Å². The molecule has 0 aliphatic heterocycles. The average Bonchev–Trinajstić information content (AvgIpc) is 2.70. The largest absolute Gasteiger partial charge is 0.468 e. The number of carbonyl (C=O) groups excluding carboxylic acids is 1. The number of aromatic nitrogens is 2. The van der Waals surface area contributed by atoms with Crippen LogP contribution in [0.4, 0.5) is 0 Å². The van der Waals surface area contributed by atoms with Crippen molar-refractivity contribution in [3.63, 3.8) is 0 Å². The highest BCUT2D eigenvalue weighted by molar-refractivity contribution is 5.69. The van der Waals surface area contributed by atoms with Crippen molar-refractivity contribution in [2.75, 3.05) is 7.11 Å². The van der Waals surface area contributed by atoms with Gasteiger partial charge in [-0.05, 0) is 25.2 Å². The molecular formula is C13H21N3O2. The van der Waals surface area contributed by atoms with Gasteiger partial charge in [0, 0.05) is 17.3 Å². The van der Waals surface area contributed by atoms with Crippen LogP contribution in [0.5, 0.6) is 0 Å². The van der Waals surface area contributed by atoms with E-state index in [9.17, 15) is 4.79 Å². The van der Waals surface area contributed by atoms with Crippen LogP contribution < -0.4 is 5.73 Å². The van der Waals surface area contributed by atoms with E-state index in [0.29, 0.717) is 5.92 Å². The first-order chi connectivity index (χ1) is 8.54. The summed E-state index contributed by atoms with van der Waals surface area (Å²) in [7, 11) is 1.40. The predicted octanol–water partition coefficient (Wildman–Crippen LogP) is 1.52. The van der Waals surface area contributed by atoms with E-state index in [4.69, 9.17) is 10.5 Å². The number of ether oxygens (including phenoxy) is 1. The fourth-order valence-electron chi connectivity index (χ4n) is 2.58. The molecule has 0 amide bonds. The highest BCUT2D eigenvalue weighted by Gasteiger charge is 2.28. The van der Waals surface area contributed by atoms with Crippen LogP contribution in [-0.4, -0.2) is 22.9 Å². The molecule has 1 unspecified atom stereocenters. The fraction of sp³-hybridized carbons (Fsp3) is 0.692. The highest BCUT2D eigenvalue weighted by Crippen LogP contribution is 2.33. The van der Waals surface area contributed by atoms with Gasteiger partial charge < -0.3 is 10.5 Å². The third-order valence-electron chi connectivity index (χ3n) is 3.48. The molecule has 1 aliphatic rings. The Morgan fingerprint density at radius 2 is 2.33 bits per heavy atom. The molecular weight excluding hydrogens is 230 g/mol. The summed E-state index contributed by atoms with van der Waals surface area (Å²) in [6, 6.07) is 0.0533. The Kier molecular flexibility index (Phi) is 3.71. The molecule has 0 fully saturated rings. The minimum atomic E-state index is -0.269. The molecule has 1 aliphatic carbocycles. The van der Waals surface area contributed by atoms with E-state index in [-0.39, 0.29) is 18.6 Å². The van der Waals surface area contributed by atoms with Crippen LogP contribution in [0.15, 0.2) is 0 Å². The minimum Gasteiger partial charge on any atom is -0.468 e. The maximum Gasteiger partial charge on any atom is 0.327 e. The number of nitrogens with two attached hydrogens (primary N) is 1. The highest BCUT2D eigenvalue weighted by atomic mass is 16.5. The van der Waals surface area contributed by atoms with Gasteiger partial charge in [0.05, 0.1) is 12.8 Å². The van der Waals surface area contributed by atoms with Crippen LogP contribution in [0.1, 0.15) is 55.6 Å². The zero-order chi connectivity index (χ0) is 13.3. The minimum absolute atomic E-state index is 0.0533. The summed E-state index contributed by atoms with van der Waals surface area (Å²) in [6.45, 7) is 4.39. The first-order valence-corrected chi connectivity index (χ1v) is 6.46. The third-order valence-corrected chi connectivity index (χ3v) is 3.48. The zero-order valence-corrected chi connectivity index (χ0v) is 11.3. The number of esters is 1. The van der Waals surface area contributed by atoms with Crippen molar-refractivity contribution in [2.24, 2.45) is 5.73 Å². The van der Waals surface area contributed by atoms with Gasteiger partial charge >= 0.3 is 5.97 Å². The summed E-state index contributed by atoms with van der Waals surface area (Å²) in [6.07, 6.45) is 2.99. The SMILES string of the molecule is COC(=O)Cn1nc(C(C)C)c2c1CCCC2N. The molecule has 1 heterocycles. The van der Waals surface area contributed by atoms with E-state index in [1.807, 2.05) is 0 Å². The Morgan fingerprint density at radius 3 is 2.94 bits per heavy atom. The Labute approximate surface area is 107 Å². The van der Waals surface area contributed by atoms with Crippen molar-refractivity contribution in [3.05, 3.63) is 17.0 Å². The fourth-order valence-corrected chi connectivity index (χ4v) is 2.58. The second-order valence-corrected chi connectivity index (χ2v) is 5.13. The van der Waals surface area contributed by atoms with Gasteiger partial charge in [-0.3, -0.25) is 9.48 Å². The molecule has 0 spiro atoms. The van der Waals surface area contributed by atoms with E-state index < -0.39 is 0 Å². The quantitative estimate of drug-likeness (QED) is 0.827. The van der Waals surface area contributed by atoms with Crippen molar-refractivity contribution < 1.29 is 9.53 Å². The summed E-state index contributed by atoms with van der Waals surface area (Å²) in [5, 5.41) is 4.57. The van der Waals surface area contributed by atoms with Crippen molar-refractivity contribution in [3.8, 4) is 0 Å². The molecule has 18 heavy (non-hydrogen) atoms. The van der Waals surface area contributed by atoms with E-state index in [0.717, 1.165) is 36.2 Å². The van der Waals surface area contributed by atoms with Crippen LogP contribution in [0.2, 0.25) is 0 Å². The normalized spacial score (nSPS) is 18.8. The van der Waals surface area contributed by atoms with Gasteiger partial charge in [-0.25, -0.2) is 0 Å². The number of hydrogen-bond acceptors (Lipinski definition) is 4. The van der Waals surface area contributed by atoms with E-state index >= 15 is 0 Å². The first kappa shape index (κ1) is 13.1. The number of methoxy groups -OCH3 is 1. The summed E-state index contributed by atoms with van der Waals surface area (Å²) in [4.78, 5) is 11.4. The molecule has 0 radical (unpaired) electrons. The molecule has 1 aromatic heterocycles. The molecule has 1 atom stereocenters. The maximum atomic E-state index is 11.4. The van der Waals surface area contributed by atoms with E-state index in [1.165, 1.54) is 7.11 Å². The predicted molar refractivity (Wildman–Crippen MR) is 68.2 cm³/mol. The second kappa shape index (κ2) is 5.10. The van der Waals surface area contributed by atoms with Gasteiger partial charge in [0.15, 0.2) is 0 Å². The Balaban J connectivity index is 2.42. The number of hydrogen-bond donors (Lipinski definition) is 1. The van der Waals surface area contributed by atoms with Crippen molar-refractivity contribution >= 4 is 5.97 Å². The molecule has 0 saturated heterocycles. The van der Waals surface area contributed by atoms with Crippen molar-refractivity contribution in [2.45, 2.75) is 51.6 Å². The van der Waals surface area contributed by atoms with Gasteiger partial charge in [-0.2, -0.15) is 5.10 Å². The van der Waals surface area contributed by atoms with Crippen LogP contribution >= 0.6 is 0 Å². The third kappa shape index (κ3) is 2.27. The standard InChI is InChI=1S/C13H21N3O2/c1-8(2)13-12-9(14)5-4-6-10(12)16(15-13)7-11(17)18-3/h8-9H,4-7,14H2,1-3H3. The number of nitrogens with zero attached hydrogens (tertiary/aromatic N) is 2. The molecule has 2 N–H and O–H groups in total. The van der Waals surface area contributed by atoms with Gasteiger partial charge in [0.25, 0.3) is 0 Å². The molecule has 5 heteroatoms. The van der Waals surface area contributed by atoms with E-state index in [1.54, 1.807) is 4.68 Å². The second-order valence-electron chi connectivity index (χ2n) is 5.13. The molecule has 100 valence electrons. The average molecular weight is 251 g/mol. The molecule has 0 saturated carbocycles. The molecule has 0 bridgehead atoms. The topological polar surface area (TPSA) is 70.1 Å². The summed E-state index contributed by atoms with van der Waals surface area (Å²) in [5.74, 6) is 0.0524. The Hall–Kier alpha value is -1.36. The van der Waals surface area contributed by atoms with Crippen molar-refractivity contribution in [1.29, 1.82) is 0 Å². The number of rotatable bonds is 3. The van der Waals surface area contributed by atoms with Gasteiger partial charge in [0.1, 0.15) is 6.54 Å². The smallest absolute Gasteiger partial charge is 0.327 e. The lowest BCUT2D eigenvalue weighted by Gasteiger charge is -2.21. The lowest BCUT2D eigenvalue weighted by molar-refractivity contribution is -0.141. The molecule has 1 aromatic rings. The number of carbonyl (C=O) groups is 1. The number of fused-ring (bicyclic) bond motifs is 1. The van der Waals surface area contributed by atoms with Crippen LogP contribution in [0.25, 0.3) is 0 Å². The van der Waals surface area contributed by atoms with Gasteiger partial charge in [-0.15, -0.1) is 0 Å². The van der Waals surface area contributed by atoms with Crippen LogP contribution in [0, 0.1) is 0 Å². The summed E-state index contributed by atoms with van der Waals surface area (Å²) in [5.41, 5.74) is 9.49. The molecule has 5 nitrogen and oxygen atoms in total. The summed E-state index contributed by atoms with van der Waals surface area (Å²) < 4.78 is 6.48. The summed E-state index contributed by atoms with van der Waals surface area (Å²) >= 11 is 0. The monoisotopic (exact) mass is 251 g/mol. The van der Waals surface area contributed by atoms with Gasteiger partial charge in [-0.1, -0.05) is 13.8 Å². The van der Waals surface area contributed by atoms with Gasteiger partial charge in [0.2, 0.25) is 0 Å². The first-order valence-electron chi connectivity index (χ1n) is 6.46. The van der Waals surface area contributed by atoms with E-state index in [2.05, 4.69) is 18.9 Å². The zero-order valence-electron chi connectivity index (χ0n) is 11.3. The lowest BCUT2D eigenvalue weighted by atomic mass is 9.89. The lowest BCUT2D eigenvalue weighted by Crippen LogP contribution is -2.21. The van der Waals surface area contributed by atoms with Crippen LogP contribution in [0.3, 0.4) is 0 Å². The molecule has 2 rings (SSSR count). The molecule has 0 aromatic carbocycles. The Bertz CT molecular complexity index is 451. The maximum absolute atomic E-state index is 11.4.